The van der Waals surface area contributed by atoms with Gasteiger partial charge in [-0.3, -0.25) is 9.52 Å². The van der Waals surface area contributed by atoms with Crippen molar-refractivity contribution in [3.63, 3.8) is 0 Å². The molecule has 0 radical (unpaired) electrons. The molecule has 0 fully saturated rings. The zero-order chi connectivity index (χ0) is 23.3. The maximum absolute atomic E-state index is 12.7. The molecule has 168 valence electrons. The highest BCUT2D eigenvalue weighted by Gasteiger charge is 2.15. The van der Waals surface area contributed by atoms with Crippen LogP contribution in [0.3, 0.4) is 0 Å². The molecule has 3 rings (SSSR count). The monoisotopic (exact) mass is 452 g/mol. The van der Waals surface area contributed by atoms with Crippen LogP contribution >= 0.6 is 0 Å². The summed E-state index contributed by atoms with van der Waals surface area (Å²) in [5, 5.41) is 2.71. The second-order valence-electron chi connectivity index (χ2n) is 8.07. The number of hydrogen-bond donors (Lipinski definition) is 2. The van der Waals surface area contributed by atoms with E-state index >= 15 is 0 Å². The number of rotatable bonds is 8. The zero-order valence-electron chi connectivity index (χ0n) is 18.7. The number of carbonyl (C=O) groups is 1. The summed E-state index contributed by atoms with van der Waals surface area (Å²) < 4.78 is 33.4. The zero-order valence-corrected chi connectivity index (χ0v) is 19.5. The standard InChI is InChI=1S/C25H28N2O4S/c1-17(2)20-5-9-23(10-6-20)31-16-25(28)26-21-7-11-24(12-8-21)32(29,30)27-22-14-18(3)13-19(4)15-22/h5-15,17,27H,16H2,1-4H3,(H,26,28). The van der Waals surface area contributed by atoms with E-state index in [2.05, 4.69) is 23.9 Å². The predicted molar refractivity (Wildman–Crippen MR) is 128 cm³/mol. The fraction of sp³-hybridized carbons (Fsp3) is 0.240. The molecule has 0 atom stereocenters. The second kappa shape index (κ2) is 9.87. The van der Waals surface area contributed by atoms with E-state index < -0.39 is 10.0 Å². The summed E-state index contributed by atoms with van der Waals surface area (Å²) in [6.07, 6.45) is 0. The Hall–Kier alpha value is -3.32. The highest BCUT2D eigenvalue weighted by molar-refractivity contribution is 7.92. The van der Waals surface area contributed by atoms with E-state index in [4.69, 9.17) is 4.74 Å². The third-order valence-corrected chi connectivity index (χ3v) is 6.24. The molecule has 3 aromatic carbocycles. The predicted octanol–water partition coefficient (Wildman–Crippen LogP) is 5.25. The Morgan fingerprint density at radius 2 is 1.47 bits per heavy atom. The van der Waals surface area contributed by atoms with Crippen LogP contribution in [0.2, 0.25) is 0 Å². The maximum atomic E-state index is 12.7. The summed E-state index contributed by atoms with van der Waals surface area (Å²) in [6.45, 7) is 7.90. The van der Waals surface area contributed by atoms with Gasteiger partial charge >= 0.3 is 0 Å². The summed E-state index contributed by atoms with van der Waals surface area (Å²) >= 11 is 0. The molecule has 0 saturated carbocycles. The minimum Gasteiger partial charge on any atom is -0.484 e. The Balaban J connectivity index is 1.58. The number of benzene rings is 3. The van der Waals surface area contributed by atoms with E-state index in [1.807, 2.05) is 44.2 Å². The molecule has 0 saturated heterocycles. The minimum atomic E-state index is -3.74. The number of amides is 1. The van der Waals surface area contributed by atoms with Gasteiger partial charge in [0.15, 0.2) is 6.61 Å². The lowest BCUT2D eigenvalue weighted by Gasteiger charge is -2.11. The first-order valence-corrected chi connectivity index (χ1v) is 11.8. The van der Waals surface area contributed by atoms with Crippen LogP contribution in [-0.4, -0.2) is 20.9 Å². The van der Waals surface area contributed by atoms with Crippen molar-refractivity contribution >= 4 is 27.3 Å². The van der Waals surface area contributed by atoms with Crippen molar-refractivity contribution in [1.82, 2.24) is 0 Å². The molecule has 32 heavy (non-hydrogen) atoms. The van der Waals surface area contributed by atoms with Crippen LogP contribution in [0.25, 0.3) is 0 Å². The lowest BCUT2D eigenvalue weighted by molar-refractivity contribution is -0.118. The van der Waals surface area contributed by atoms with Crippen molar-refractivity contribution in [2.45, 2.75) is 38.5 Å². The van der Waals surface area contributed by atoms with Gasteiger partial charge in [-0.15, -0.1) is 0 Å². The van der Waals surface area contributed by atoms with Gasteiger partial charge in [-0.2, -0.15) is 0 Å². The first-order chi connectivity index (χ1) is 15.1. The highest BCUT2D eigenvalue weighted by Crippen LogP contribution is 2.21. The van der Waals surface area contributed by atoms with Gasteiger partial charge < -0.3 is 10.1 Å². The number of hydrogen-bond acceptors (Lipinski definition) is 4. The van der Waals surface area contributed by atoms with E-state index in [0.29, 0.717) is 23.0 Å². The van der Waals surface area contributed by atoms with Gasteiger partial charge in [0.05, 0.1) is 4.90 Å². The van der Waals surface area contributed by atoms with Crippen LogP contribution in [0.15, 0.2) is 71.6 Å². The summed E-state index contributed by atoms with van der Waals surface area (Å²) in [7, 11) is -3.74. The first kappa shape index (κ1) is 23.3. The minimum absolute atomic E-state index is 0.108. The Bertz CT molecular complexity index is 1170. The quantitative estimate of drug-likeness (QED) is 0.489. The van der Waals surface area contributed by atoms with Gasteiger partial charge in [0.25, 0.3) is 15.9 Å². The van der Waals surface area contributed by atoms with Crippen LogP contribution in [0.1, 0.15) is 36.5 Å². The fourth-order valence-electron chi connectivity index (χ4n) is 3.26. The number of anilines is 2. The fourth-order valence-corrected chi connectivity index (χ4v) is 4.30. The largest absolute Gasteiger partial charge is 0.484 e. The molecule has 0 spiro atoms. The molecule has 0 aromatic heterocycles. The molecular formula is C25H28N2O4S. The summed E-state index contributed by atoms with van der Waals surface area (Å²) in [5.74, 6) is 0.709. The topological polar surface area (TPSA) is 84.5 Å². The molecular weight excluding hydrogens is 424 g/mol. The van der Waals surface area contributed by atoms with Gasteiger partial charge in [0.2, 0.25) is 0 Å². The van der Waals surface area contributed by atoms with Gasteiger partial charge in [-0.1, -0.05) is 32.0 Å². The van der Waals surface area contributed by atoms with Crippen LogP contribution in [0.5, 0.6) is 5.75 Å². The van der Waals surface area contributed by atoms with E-state index in [0.717, 1.165) is 11.1 Å². The maximum Gasteiger partial charge on any atom is 0.262 e. The van der Waals surface area contributed by atoms with E-state index in [9.17, 15) is 13.2 Å². The number of sulfonamides is 1. The van der Waals surface area contributed by atoms with Crippen molar-refractivity contribution < 1.29 is 17.9 Å². The lowest BCUT2D eigenvalue weighted by Crippen LogP contribution is -2.20. The van der Waals surface area contributed by atoms with E-state index in [-0.39, 0.29) is 17.4 Å². The molecule has 0 aliphatic carbocycles. The highest BCUT2D eigenvalue weighted by atomic mass is 32.2. The summed E-state index contributed by atoms with van der Waals surface area (Å²) in [5.41, 5.74) is 4.14. The molecule has 7 heteroatoms. The Morgan fingerprint density at radius 3 is 2.03 bits per heavy atom. The SMILES string of the molecule is Cc1cc(C)cc(NS(=O)(=O)c2ccc(NC(=O)COc3ccc(C(C)C)cc3)cc2)c1. The second-order valence-corrected chi connectivity index (χ2v) is 9.75. The number of aryl methyl sites for hydroxylation is 2. The third kappa shape index (κ3) is 6.34. The van der Waals surface area contributed by atoms with Crippen molar-refractivity contribution in [2.24, 2.45) is 0 Å². The number of ether oxygens (including phenoxy) is 1. The smallest absolute Gasteiger partial charge is 0.262 e. The molecule has 1 amide bonds. The van der Waals surface area contributed by atoms with Crippen molar-refractivity contribution in [3.05, 3.63) is 83.4 Å². The Morgan fingerprint density at radius 1 is 0.875 bits per heavy atom. The molecule has 0 aliphatic heterocycles. The van der Waals surface area contributed by atoms with Gasteiger partial charge in [-0.25, -0.2) is 8.42 Å². The Kier molecular flexibility index (Phi) is 7.20. The van der Waals surface area contributed by atoms with E-state index in [1.54, 1.807) is 24.3 Å². The summed E-state index contributed by atoms with van der Waals surface area (Å²) in [6, 6.07) is 19.1. The van der Waals surface area contributed by atoms with Crippen molar-refractivity contribution in [2.75, 3.05) is 16.6 Å². The molecule has 0 heterocycles. The third-order valence-electron chi connectivity index (χ3n) is 4.84. The normalized spacial score (nSPS) is 11.3. The van der Waals surface area contributed by atoms with Gasteiger partial charge in [0, 0.05) is 11.4 Å². The molecule has 3 aromatic rings. The lowest BCUT2D eigenvalue weighted by atomic mass is 10.0. The number of carbonyl (C=O) groups excluding carboxylic acids is 1. The van der Waals surface area contributed by atoms with E-state index in [1.165, 1.54) is 17.7 Å². The average Bonchev–Trinajstić information content (AvgIpc) is 2.72. The molecule has 2 N–H and O–H groups in total. The van der Waals surface area contributed by atoms with Crippen LogP contribution < -0.4 is 14.8 Å². The van der Waals surface area contributed by atoms with Gasteiger partial charge in [0.1, 0.15) is 5.75 Å². The Labute approximate surface area is 189 Å². The number of nitrogens with one attached hydrogen (secondary N) is 2. The summed E-state index contributed by atoms with van der Waals surface area (Å²) in [4.78, 5) is 12.3. The van der Waals surface area contributed by atoms with Crippen LogP contribution in [-0.2, 0) is 14.8 Å². The first-order valence-electron chi connectivity index (χ1n) is 10.4. The van der Waals surface area contributed by atoms with Crippen molar-refractivity contribution in [3.8, 4) is 5.75 Å². The average molecular weight is 453 g/mol. The molecule has 0 aliphatic rings. The van der Waals surface area contributed by atoms with Gasteiger partial charge in [-0.05, 0) is 85.0 Å². The molecule has 0 bridgehead atoms. The molecule has 6 nitrogen and oxygen atoms in total. The van der Waals surface area contributed by atoms with Crippen molar-refractivity contribution in [1.29, 1.82) is 0 Å². The van der Waals surface area contributed by atoms with Crippen LogP contribution in [0, 0.1) is 13.8 Å². The molecule has 0 unspecified atom stereocenters. The van der Waals surface area contributed by atoms with Crippen LogP contribution in [0.4, 0.5) is 11.4 Å².